The van der Waals surface area contributed by atoms with E-state index in [4.69, 9.17) is 0 Å². The van der Waals surface area contributed by atoms with Crippen LogP contribution in [0.1, 0.15) is 5.69 Å². The fourth-order valence-corrected chi connectivity index (χ4v) is 2.51. The molecule has 0 saturated carbocycles. The maximum Gasteiger partial charge on any atom is 0.271 e. The molecule has 3 heterocycles. The average molecular weight is 246 g/mol. The zero-order chi connectivity index (χ0) is 11.8. The van der Waals surface area contributed by atoms with Gasteiger partial charge in [0.15, 0.2) is 0 Å². The summed E-state index contributed by atoms with van der Waals surface area (Å²) in [6.07, 6.45) is 3.43. The molecule has 0 bridgehead atoms. The van der Waals surface area contributed by atoms with Gasteiger partial charge in [-0.1, -0.05) is 0 Å². The van der Waals surface area contributed by atoms with Crippen LogP contribution in [0.4, 0.5) is 0 Å². The molecule has 3 rings (SSSR count). The van der Waals surface area contributed by atoms with Gasteiger partial charge in [0.05, 0.1) is 24.1 Å². The lowest BCUT2D eigenvalue weighted by molar-refractivity contribution is 0.688. The number of thiophene rings is 1. The topological polar surface area (TPSA) is 52.7 Å². The molecular formula is C11H10N4OS. The molecular weight excluding hydrogens is 236 g/mol. The maximum atomic E-state index is 12.1. The zero-order valence-corrected chi connectivity index (χ0v) is 10.0. The van der Waals surface area contributed by atoms with E-state index in [1.807, 2.05) is 30.8 Å². The highest BCUT2D eigenvalue weighted by molar-refractivity contribution is 7.17. The molecule has 6 heteroatoms. The number of nitrogens with zero attached hydrogens (tertiary/aromatic N) is 4. The summed E-state index contributed by atoms with van der Waals surface area (Å²) in [5.74, 6) is 0. The Balaban J connectivity index is 2.06. The van der Waals surface area contributed by atoms with Crippen LogP contribution in [-0.4, -0.2) is 19.3 Å². The first-order chi connectivity index (χ1) is 8.24. The van der Waals surface area contributed by atoms with Crippen LogP contribution in [0, 0.1) is 0 Å². The average Bonchev–Trinajstić information content (AvgIpc) is 2.92. The van der Waals surface area contributed by atoms with E-state index >= 15 is 0 Å². The van der Waals surface area contributed by atoms with E-state index in [0.717, 1.165) is 11.2 Å². The van der Waals surface area contributed by atoms with Crippen molar-refractivity contribution in [3.8, 4) is 0 Å². The second kappa shape index (κ2) is 3.81. The van der Waals surface area contributed by atoms with Gasteiger partial charge in [-0.15, -0.1) is 11.3 Å². The van der Waals surface area contributed by atoms with Gasteiger partial charge in [-0.25, -0.2) is 4.98 Å². The highest BCUT2D eigenvalue weighted by Crippen LogP contribution is 2.13. The van der Waals surface area contributed by atoms with Crippen molar-refractivity contribution in [3.05, 3.63) is 46.1 Å². The smallest absolute Gasteiger partial charge is 0.271 e. The predicted octanol–water partition coefficient (Wildman–Crippen LogP) is 1.24. The van der Waals surface area contributed by atoms with E-state index in [1.54, 1.807) is 15.6 Å². The number of aromatic nitrogens is 4. The van der Waals surface area contributed by atoms with Gasteiger partial charge < -0.3 is 0 Å². The van der Waals surface area contributed by atoms with E-state index < -0.39 is 0 Å². The standard InChI is InChI=1S/C11H10N4OS/c1-14-4-2-8(13-14)6-15-7-12-9-3-5-17-10(9)11(15)16/h2-5,7H,6H2,1H3. The molecule has 0 N–H and O–H groups in total. The van der Waals surface area contributed by atoms with Crippen LogP contribution in [0.3, 0.4) is 0 Å². The van der Waals surface area contributed by atoms with Crippen LogP contribution in [0.5, 0.6) is 0 Å². The summed E-state index contributed by atoms with van der Waals surface area (Å²) in [6, 6.07) is 3.75. The van der Waals surface area contributed by atoms with Crippen molar-refractivity contribution >= 4 is 21.6 Å². The van der Waals surface area contributed by atoms with E-state index in [0.29, 0.717) is 11.2 Å². The molecule has 0 aliphatic carbocycles. The van der Waals surface area contributed by atoms with Gasteiger partial charge in [0.25, 0.3) is 5.56 Å². The zero-order valence-electron chi connectivity index (χ0n) is 9.20. The van der Waals surface area contributed by atoms with Crippen LogP contribution in [0.15, 0.2) is 34.8 Å². The summed E-state index contributed by atoms with van der Waals surface area (Å²) in [5, 5.41) is 6.13. The third-order valence-corrected chi connectivity index (χ3v) is 3.43. The van der Waals surface area contributed by atoms with Crippen LogP contribution in [0.25, 0.3) is 10.2 Å². The van der Waals surface area contributed by atoms with Gasteiger partial charge in [0.1, 0.15) is 4.70 Å². The van der Waals surface area contributed by atoms with Gasteiger partial charge in [0.2, 0.25) is 0 Å². The number of aryl methyl sites for hydroxylation is 1. The molecule has 0 saturated heterocycles. The van der Waals surface area contributed by atoms with Crippen molar-refractivity contribution in [2.24, 2.45) is 7.05 Å². The molecule has 0 unspecified atom stereocenters. The fourth-order valence-electron chi connectivity index (χ4n) is 1.71. The molecule has 3 aromatic rings. The Morgan fingerprint density at radius 1 is 1.41 bits per heavy atom. The molecule has 86 valence electrons. The minimum atomic E-state index is -0.00402. The molecule has 5 nitrogen and oxygen atoms in total. The summed E-state index contributed by atoms with van der Waals surface area (Å²) in [7, 11) is 1.85. The summed E-state index contributed by atoms with van der Waals surface area (Å²) in [5.41, 5.74) is 1.61. The van der Waals surface area contributed by atoms with Crippen LogP contribution in [-0.2, 0) is 13.6 Å². The lowest BCUT2D eigenvalue weighted by Gasteiger charge is -2.01. The van der Waals surface area contributed by atoms with Crippen molar-refractivity contribution in [2.45, 2.75) is 6.54 Å². The fraction of sp³-hybridized carbons (Fsp3) is 0.182. The van der Waals surface area contributed by atoms with Crippen LogP contribution >= 0.6 is 11.3 Å². The summed E-state index contributed by atoms with van der Waals surface area (Å²) < 4.78 is 4.00. The first-order valence-corrected chi connectivity index (χ1v) is 6.03. The Hall–Kier alpha value is -1.95. The van der Waals surface area contributed by atoms with Gasteiger partial charge in [-0.2, -0.15) is 5.10 Å². The Morgan fingerprint density at radius 3 is 3.06 bits per heavy atom. The maximum absolute atomic E-state index is 12.1. The molecule has 0 aliphatic rings. The summed E-state index contributed by atoms with van der Waals surface area (Å²) in [6.45, 7) is 0.459. The second-order valence-electron chi connectivity index (χ2n) is 3.79. The number of rotatable bonds is 2. The quantitative estimate of drug-likeness (QED) is 0.683. The monoisotopic (exact) mass is 246 g/mol. The highest BCUT2D eigenvalue weighted by atomic mass is 32.1. The Bertz CT molecular complexity index is 724. The van der Waals surface area contributed by atoms with E-state index in [2.05, 4.69) is 10.1 Å². The van der Waals surface area contributed by atoms with Crippen LogP contribution < -0.4 is 5.56 Å². The van der Waals surface area contributed by atoms with Gasteiger partial charge in [-0.3, -0.25) is 14.0 Å². The molecule has 0 aliphatic heterocycles. The Labute approximate surface area is 101 Å². The molecule has 17 heavy (non-hydrogen) atoms. The first-order valence-electron chi connectivity index (χ1n) is 5.15. The largest absolute Gasteiger partial charge is 0.292 e. The van der Waals surface area contributed by atoms with E-state index in [-0.39, 0.29) is 5.56 Å². The van der Waals surface area contributed by atoms with Gasteiger partial charge in [0, 0.05) is 13.2 Å². The van der Waals surface area contributed by atoms with E-state index in [1.165, 1.54) is 11.3 Å². The minimum Gasteiger partial charge on any atom is -0.292 e. The minimum absolute atomic E-state index is 0.00402. The lowest BCUT2D eigenvalue weighted by Crippen LogP contribution is -2.20. The number of fused-ring (bicyclic) bond motifs is 1. The summed E-state index contributed by atoms with van der Waals surface area (Å²) >= 11 is 1.42. The number of hydrogen-bond acceptors (Lipinski definition) is 4. The normalized spacial score (nSPS) is 11.1. The predicted molar refractivity (Wildman–Crippen MR) is 66.2 cm³/mol. The Morgan fingerprint density at radius 2 is 2.29 bits per heavy atom. The van der Waals surface area contributed by atoms with Crippen molar-refractivity contribution in [1.29, 1.82) is 0 Å². The molecule has 0 fully saturated rings. The van der Waals surface area contributed by atoms with Crippen molar-refractivity contribution in [3.63, 3.8) is 0 Å². The first kappa shape index (κ1) is 10.2. The number of hydrogen-bond donors (Lipinski definition) is 0. The highest BCUT2D eigenvalue weighted by Gasteiger charge is 2.06. The lowest BCUT2D eigenvalue weighted by atomic mass is 10.4. The molecule has 0 spiro atoms. The molecule has 0 atom stereocenters. The van der Waals surface area contributed by atoms with Crippen molar-refractivity contribution in [2.75, 3.05) is 0 Å². The van der Waals surface area contributed by atoms with Crippen molar-refractivity contribution < 1.29 is 0 Å². The summed E-state index contributed by atoms with van der Waals surface area (Å²) in [4.78, 5) is 16.3. The van der Waals surface area contributed by atoms with Gasteiger partial charge in [-0.05, 0) is 17.5 Å². The Kier molecular flexibility index (Phi) is 2.29. The molecule has 0 aromatic carbocycles. The SMILES string of the molecule is Cn1ccc(Cn2cnc3ccsc3c2=O)n1. The second-order valence-corrected chi connectivity index (χ2v) is 4.71. The molecule has 0 amide bonds. The van der Waals surface area contributed by atoms with Crippen LogP contribution in [0.2, 0.25) is 0 Å². The van der Waals surface area contributed by atoms with Gasteiger partial charge >= 0.3 is 0 Å². The molecule has 0 radical (unpaired) electrons. The third-order valence-electron chi connectivity index (χ3n) is 2.54. The van der Waals surface area contributed by atoms with Crippen molar-refractivity contribution in [1.82, 2.24) is 19.3 Å². The third kappa shape index (κ3) is 1.76. The van der Waals surface area contributed by atoms with E-state index in [9.17, 15) is 4.79 Å². The molecule has 3 aromatic heterocycles.